The Morgan fingerprint density at radius 3 is 2.70 bits per heavy atom. The lowest BCUT2D eigenvalue weighted by Gasteiger charge is -2.31. The van der Waals surface area contributed by atoms with Crippen molar-refractivity contribution in [3.63, 3.8) is 0 Å². The van der Waals surface area contributed by atoms with Crippen molar-refractivity contribution in [2.24, 2.45) is 5.92 Å². The maximum absolute atomic E-state index is 12.5. The molecule has 0 radical (unpaired) electrons. The molecule has 0 aliphatic carbocycles. The van der Waals surface area contributed by atoms with Crippen LogP contribution in [0.4, 0.5) is 0 Å². The molecular formula is C16H29N3O. The number of hydrogen-bond donors (Lipinski definition) is 1. The van der Waals surface area contributed by atoms with Gasteiger partial charge in [-0.25, -0.2) is 0 Å². The van der Waals surface area contributed by atoms with Gasteiger partial charge in [0.15, 0.2) is 0 Å². The van der Waals surface area contributed by atoms with E-state index in [-0.39, 0.29) is 0 Å². The molecule has 20 heavy (non-hydrogen) atoms. The van der Waals surface area contributed by atoms with Crippen molar-refractivity contribution < 1.29 is 4.79 Å². The monoisotopic (exact) mass is 279 g/mol. The molecule has 3 heterocycles. The Morgan fingerprint density at radius 2 is 1.95 bits per heavy atom. The largest absolute Gasteiger partial charge is 0.341 e. The Morgan fingerprint density at radius 1 is 1.15 bits per heavy atom. The first-order valence-electron chi connectivity index (χ1n) is 8.49. The fourth-order valence-electron chi connectivity index (χ4n) is 4.08. The molecule has 3 atom stereocenters. The Bertz CT molecular complexity index is 341. The van der Waals surface area contributed by atoms with Crippen LogP contribution in [0.2, 0.25) is 0 Å². The molecule has 0 aromatic heterocycles. The number of nitrogens with one attached hydrogen (secondary N) is 1. The highest BCUT2D eigenvalue weighted by Gasteiger charge is 2.33. The Hall–Kier alpha value is -0.610. The zero-order chi connectivity index (χ0) is 13.9. The zero-order valence-electron chi connectivity index (χ0n) is 12.8. The highest BCUT2D eigenvalue weighted by Crippen LogP contribution is 2.23. The van der Waals surface area contributed by atoms with E-state index in [1.165, 1.54) is 45.2 Å². The SMILES string of the molecule is CC1CCCNC1CC(=O)N1CCC(N2CCCC2)C1. The summed E-state index contributed by atoms with van der Waals surface area (Å²) in [7, 11) is 0. The van der Waals surface area contributed by atoms with E-state index in [0.29, 0.717) is 30.3 Å². The van der Waals surface area contributed by atoms with Gasteiger partial charge in [0.1, 0.15) is 0 Å². The molecule has 3 saturated heterocycles. The van der Waals surface area contributed by atoms with Crippen LogP contribution in [0.15, 0.2) is 0 Å². The van der Waals surface area contributed by atoms with Crippen molar-refractivity contribution in [1.82, 2.24) is 15.1 Å². The molecule has 0 aromatic carbocycles. The summed E-state index contributed by atoms with van der Waals surface area (Å²) >= 11 is 0. The van der Waals surface area contributed by atoms with Crippen LogP contribution in [0.5, 0.6) is 0 Å². The van der Waals surface area contributed by atoms with Crippen LogP contribution in [0.3, 0.4) is 0 Å². The Kier molecular flexibility index (Phi) is 4.61. The number of piperidine rings is 1. The average Bonchev–Trinajstić information content (AvgIpc) is 3.11. The third-order valence-electron chi connectivity index (χ3n) is 5.50. The molecule has 1 N–H and O–H groups in total. The van der Waals surface area contributed by atoms with Crippen molar-refractivity contribution in [1.29, 1.82) is 0 Å². The third kappa shape index (κ3) is 3.17. The summed E-state index contributed by atoms with van der Waals surface area (Å²) in [5.41, 5.74) is 0. The molecule has 4 heteroatoms. The van der Waals surface area contributed by atoms with Gasteiger partial charge in [-0.2, -0.15) is 0 Å². The number of likely N-dealkylation sites (tertiary alicyclic amines) is 2. The predicted octanol–water partition coefficient (Wildman–Crippen LogP) is 1.46. The van der Waals surface area contributed by atoms with Crippen LogP contribution in [0.25, 0.3) is 0 Å². The van der Waals surface area contributed by atoms with Gasteiger partial charge in [-0.1, -0.05) is 6.92 Å². The maximum Gasteiger partial charge on any atom is 0.224 e. The second-order valence-electron chi connectivity index (χ2n) is 6.91. The lowest BCUT2D eigenvalue weighted by molar-refractivity contribution is -0.131. The number of nitrogens with zero attached hydrogens (tertiary/aromatic N) is 2. The van der Waals surface area contributed by atoms with Gasteiger partial charge in [0.2, 0.25) is 5.91 Å². The molecule has 114 valence electrons. The molecular weight excluding hydrogens is 250 g/mol. The fourth-order valence-corrected chi connectivity index (χ4v) is 4.08. The molecule has 3 aliphatic rings. The summed E-state index contributed by atoms with van der Waals surface area (Å²) in [5, 5.41) is 3.53. The van der Waals surface area contributed by atoms with Crippen molar-refractivity contribution in [2.75, 3.05) is 32.7 Å². The minimum Gasteiger partial charge on any atom is -0.341 e. The topological polar surface area (TPSA) is 35.6 Å². The summed E-state index contributed by atoms with van der Waals surface area (Å²) in [6.07, 6.45) is 7.09. The summed E-state index contributed by atoms with van der Waals surface area (Å²) in [5.74, 6) is 1.02. The summed E-state index contributed by atoms with van der Waals surface area (Å²) < 4.78 is 0. The van der Waals surface area contributed by atoms with Gasteiger partial charge in [0.25, 0.3) is 0 Å². The first kappa shape index (κ1) is 14.3. The van der Waals surface area contributed by atoms with E-state index < -0.39 is 0 Å². The zero-order valence-corrected chi connectivity index (χ0v) is 12.8. The number of amides is 1. The van der Waals surface area contributed by atoms with Gasteiger partial charge in [-0.3, -0.25) is 9.69 Å². The minimum absolute atomic E-state index is 0.373. The second-order valence-corrected chi connectivity index (χ2v) is 6.91. The molecule has 0 bridgehead atoms. The Balaban J connectivity index is 1.48. The molecule has 3 fully saturated rings. The lowest BCUT2D eigenvalue weighted by atomic mass is 9.90. The van der Waals surface area contributed by atoms with Crippen LogP contribution in [0.1, 0.15) is 45.4 Å². The normalized spacial score (nSPS) is 35.6. The molecule has 3 unspecified atom stereocenters. The van der Waals surface area contributed by atoms with Crippen LogP contribution in [0, 0.1) is 5.92 Å². The van der Waals surface area contributed by atoms with Gasteiger partial charge in [0.05, 0.1) is 0 Å². The van der Waals surface area contributed by atoms with Crippen molar-refractivity contribution >= 4 is 5.91 Å². The number of hydrogen-bond acceptors (Lipinski definition) is 3. The smallest absolute Gasteiger partial charge is 0.224 e. The summed E-state index contributed by atoms with van der Waals surface area (Å²) in [6.45, 7) is 7.79. The highest BCUT2D eigenvalue weighted by molar-refractivity contribution is 5.77. The van der Waals surface area contributed by atoms with Crippen LogP contribution in [-0.4, -0.2) is 60.5 Å². The van der Waals surface area contributed by atoms with Crippen LogP contribution in [-0.2, 0) is 4.79 Å². The second kappa shape index (κ2) is 6.44. The van der Waals surface area contributed by atoms with Crippen molar-refractivity contribution in [3.05, 3.63) is 0 Å². The van der Waals surface area contributed by atoms with Gasteiger partial charge < -0.3 is 10.2 Å². The van der Waals surface area contributed by atoms with E-state index >= 15 is 0 Å². The summed E-state index contributed by atoms with van der Waals surface area (Å²) in [4.78, 5) is 17.2. The molecule has 0 saturated carbocycles. The molecule has 3 aliphatic heterocycles. The molecule has 3 rings (SSSR count). The lowest BCUT2D eigenvalue weighted by Crippen LogP contribution is -2.44. The molecule has 0 spiro atoms. The maximum atomic E-state index is 12.5. The van der Waals surface area contributed by atoms with E-state index in [9.17, 15) is 4.79 Å². The van der Waals surface area contributed by atoms with Crippen molar-refractivity contribution in [3.8, 4) is 0 Å². The predicted molar refractivity (Wildman–Crippen MR) is 80.6 cm³/mol. The first-order chi connectivity index (χ1) is 9.74. The number of carbonyl (C=O) groups is 1. The van der Waals surface area contributed by atoms with Crippen LogP contribution >= 0.6 is 0 Å². The standard InChI is InChI=1S/C16H29N3O/c1-13-5-4-7-17-15(13)11-16(20)19-10-6-14(12-19)18-8-2-3-9-18/h13-15,17H,2-12H2,1H3. The minimum atomic E-state index is 0.373. The molecule has 0 aromatic rings. The average molecular weight is 279 g/mol. The number of carbonyl (C=O) groups excluding carboxylic acids is 1. The molecule has 1 amide bonds. The third-order valence-corrected chi connectivity index (χ3v) is 5.50. The van der Waals surface area contributed by atoms with Gasteiger partial charge in [-0.05, 0) is 57.7 Å². The van der Waals surface area contributed by atoms with E-state index in [1.807, 2.05) is 0 Å². The van der Waals surface area contributed by atoms with Crippen LogP contribution < -0.4 is 5.32 Å². The van der Waals surface area contributed by atoms with E-state index in [4.69, 9.17) is 0 Å². The summed E-state index contributed by atoms with van der Waals surface area (Å²) in [6, 6.07) is 1.04. The van der Waals surface area contributed by atoms with Gasteiger partial charge in [0, 0.05) is 31.6 Å². The van der Waals surface area contributed by atoms with Crippen molar-refractivity contribution in [2.45, 2.75) is 57.5 Å². The van der Waals surface area contributed by atoms with E-state index in [0.717, 1.165) is 19.6 Å². The highest BCUT2D eigenvalue weighted by atomic mass is 16.2. The van der Waals surface area contributed by atoms with Gasteiger partial charge in [-0.15, -0.1) is 0 Å². The Labute approximate surface area is 122 Å². The van der Waals surface area contributed by atoms with E-state index in [1.54, 1.807) is 0 Å². The fraction of sp³-hybridized carbons (Fsp3) is 0.938. The quantitative estimate of drug-likeness (QED) is 0.849. The number of rotatable bonds is 3. The van der Waals surface area contributed by atoms with Gasteiger partial charge >= 0.3 is 0 Å². The molecule has 4 nitrogen and oxygen atoms in total. The first-order valence-corrected chi connectivity index (χ1v) is 8.49. The van der Waals surface area contributed by atoms with E-state index in [2.05, 4.69) is 22.0 Å².